The Morgan fingerprint density at radius 1 is 1.10 bits per heavy atom. The summed E-state index contributed by atoms with van der Waals surface area (Å²) in [6, 6.07) is 14.0. The summed E-state index contributed by atoms with van der Waals surface area (Å²) in [5, 5.41) is 11.6. The fourth-order valence-electron chi connectivity index (χ4n) is 3.59. The lowest BCUT2D eigenvalue weighted by Crippen LogP contribution is -2.28. The van der Waals surface area contributed by atoms with Gasteiger partial charge >= 0.3 is 0 Å². The first-order valence-electron chi connectivity index (χ1n) is 9.62. The SMILES string of the molecule is Cc1cccc(CN2CC=C(C=Cc3ccc4c(Cl)cc(Cl)c(O)c4n3)CC2)c1. The van der Waals surface area contributed by atoms with Crippen molar-refractivity contribution in [3.8, 4) is 5.75 Å². The van der Waals surface area contributed by atoms with Crippen LogP contribution in [0.2, 0.25) is 10.0 Å². The zero-order valence-electron chi connectivity index (χ0n) is 16.2. The smallest absolute Gasteiger partial charge is 0.160 e. The van der Waals surface area contributed by atoms with Crippen LogP contribution in [0.15, 0.2) is 60.2 Å². The second-order valence-electron chi connectivity index (χ2n) is 7.41. The van der Waals surface area contributed by atoms with Gasteiger partial charge in [0.15, 0.2) is 5.75 Å². The average Bonchev–Trinajstić information content (AvgIpc) is 2.71. The number of pyridine rings is 1. The molecule has 3 nitrogen and oxygen atoms in total. The van der Waals surface area contributed by atoms with Gasteiger partial charge in [0.2, 0.25) is 0 Å². The molecule has 0 amide bonds. The number of aromatic nitrogens is 1. The van der Waals surface area contributed by atoms with Crippen LogP contribution in [-0.4, -0.2) is 28.1 Å². The van der Waals surface area contributed by atoms with Crippen molar-refractivity contribution in [1.29, 1.82) is 0 Å². The fourth-order valence-corrected chi connectivity index (χ4v) is 4.11. The number of aromatic hydroxyl groups is 1. The molecule has 0 bridgehead atoms. The molecule has 5 heteroatoms. The number of hydrogen-bond donors (Lipinski definition) is 1. The van der Waals surface area contributed by atoms with Crippen molar-refractivity contribution < 1.29 is 5.11 Å². The molecule has 0 saturated carbocycles. The zero-order valence-corrected chi connectivity index (χ0v) is 17.7. The second-order valence-corrected chi connectivity index (χ2v) is 8.22. The lowest BCUT2D eigenvalue weighted by Gasteiger charge is -2.25. The van der Waals surface area contributed by atoms with Crippen LogP contribution >= 0.6 is 23.2 Å². The Balaban J connectivity index is 1.46. The molecule has 0 saturated heterocycles. The molecule has 2 aromatic carbocycles. The third-order valence-corrected chi connectivity index (χ3v) is 5.76. The van der Waals surface area contributed by atoms with Crippen molar-refractivity contribution in [3.63, 3.8) is 0 Å². The van der Waals surface area contributed by atoms with Crippen molar-refractivity contribution in [1.82, 2.24) is 9.88 Å². The number of benzene rings is 2. The first-order valence-corrected chi connectivity index (χ1v) is 10.4. The number of phenolic OH excluding ortho intramolecular Hbond substituents is 1. The maximum absolute atomic E-state index is 10.2. The molecular formula is C24H22Cl2N2O. The molecular weight excluding hydrogens is 403 g/mol. The Labute approximate surface area is 180 Å². The first-order chi connectivity index (χ1) is 14.0. The summed E-state index contributed by atoms with van der Waals surface area (Å²) < 4.78 is 0. The minimum absolute atomic E-state index is 0.0370. The Morgan fingerprint density at radius 3 is 2.72 bits per heavy atom. The van der Waals surface area contributed by atoms with E-state index < -0.39 is 0 Å². The van der Waals surface area contributed by atoms with Crippen LogP contribution in [0.1, 0.15) is 23.2 Å². The summed E-state index contributed by atoms with van der Waals surface area (Å²) in [6.07, 6.45) is 7.33. The summed E-state index contributed by atoms with van der Waals surface area (Å²) in [5.41, 5.74) is 5.13. The Kier molecular flexibility index (Phi) is 5.91. The van der Waals surface area contributed by atoms with Gasteiger partial charge in [-0.2, -0.15) is 0 Å². The number of hydrogen-bond acceptors (Lipinski definition) is 3. The van der Waals surface area contributed by atoms with Crippen LogP contribution in [0.5, 0.6) is 5.75 Å². The van der Waals surface area contributed by atoms with E-state index >= 15 is 0 Å². The average molecular weight is 425 g/mol. The van der Waals surface area contributed by atoms with Crippen molar-refractivity contribution in [2.45, 2.75) is 19.9 Å². The van der Waals surface area contributed by atoms with Gasteiger partial charge in [0.05, 0.1) is 15.7 Å². The van der Waals surface area contributed by atoms with E-state index in [1.54, 1.807) is 0 Å². The zero-order chi connectivity index (χ0) is 20.4. The number of fused-ring (bicyclic) bond motifs is 1. The van der Waals surface area contributed by atoms with Crippen molar-refractivity contribution in [3.05, 3.63) is 87.1 Å². The van der Waals surface area contributed by atoms with Crippen LogP contribution in [0, 0.1) is 6.92 Å². The number of nitrogens with zero attached hydrogens (tertiary/aromatic N) is 2. The molecule has 1 aromatic heterocycles. The highest BCUT2D eigenvalue weighted by molar-refractivity contribution is 6.39. The van der Waals surface area contributed by atoms with E-state index in [2.05, 4.69) is 53.2 Å². The summed E-state index contributed by atoms with van der Waals surface area (Å²) in [5.74, 6) is -0.0370. The standard InChI is InChI=1S/C24H22Cl2N2O/c1-16-3-2-4-18(13-16)15-28-11-9-17(10-12-28)5-6-19-7-8-20-21(25)14-22(26)24(29)23(20)27-19/h2-9,13-14,29H,10-12,15H2,1H3. The molecule has 1 aliphatic rings. The van der Waals surface area contributed by atoms with Gasteiger partial charge < -0.3 is 5.11 Å². The highest BCUT2D eigenvalue weighted by atomic mass is 35.5. The second kappa shape index (κ2) is 8.58. The number of aryl methyl sites for hydroxylation is 1. The third kappa shape index (κ3) is 4.64. The maximum atomic E-state index is 10.2. The van der Waals surface area contributed by atoms with E-state index in [0.717, 1.165) is 31.7 Å². The molecule has 1 N–H and O–H groups in total. The third-order valence-electron chi connectivity index (χ3n) is 5.16. The Bertz CT molecular complexity index is 1120. The largest absolute Gasteiger partial charge is 0.504 e. The number of allylic oxidation sites excluding steroid dienone is 1. The first kappa shape index (κ1) is 20.0. The molecule has 148 valence electrons. The monoisotopic (exact) mass is 424 g/mol. The predicted octanol–water partition coefficient (Wildman–Crippen LogP) is 6.40. The summed E-state index contributed by atoms with van der Waals surface area (Å²) in [6.45, 7) is 5.07. The molecule has 0 atom stereocenters. The van der Waals surface area contributed by atoms with Gasteiger partial charge in [-0.25, -0.2) is 4.98 Å². The number of phenols is 1. The fraction of sp³-hybridized carbons (Fsp3) is 0.208. The molecule has 0 radical (unpaired) electrons. The lowest BCUT2D eigenvalue weighted by atomic mass is 10.1. The highest BCUT2D eigenvalue weighted by Crippen LogP contribution is 2.36. The van der Waals surface area contributed by atoms with Crippen LogP contribution in [0.3, 0.4) is 0 Å². The number of halogens is 2. The maximum Gasteiger partial charge on any atom is 0.160 e. The van der Waals surface area contributed by atoms with E-state index in [9.17, 15) is 5.11 Å². The summed E-state index contributed by atoms with van der Waals surface area (Å²) in [4.78, 5) is 6.96. The van der Waals surface area contributed by atoms with E-state index in [1.165, 1.54) is 22.8 Å². The van der Waals surface area contributed by atoms with E-state index in [1.807, 2.05) is 18.2 Å². The molecule has 2 heterocycles. The van der Waals surface area contributed by atoms with E-state index in [0.29, 0.717) is 15.9 Å². The molecule has 0 fully saturated rings. The summed E-state index contributed by atoms with van der Waals surface area (Å²) >= 11 is 12.2. The van der Waals surface area contributed by atoms with E-state index in [-0.39, 0.29) is 10.8 Å². The normalized spacial score (nSPS) is 15.2. The van der Waals surface area contributed by atoms with Gasteiger partial charge in [0.1, 0.15) is 5.52 Å². The van der Waals surface area contributed by atoms with Crippen LogP contribution in [-0.2, 0) is 6.54 Å². The van der Waals surface area contributed by atoms with Crippen molar-refractivity contribution in [2.75, 3.05) is 13.1 Å². The number of rotatable bonds is 4. The Hall–Kier alpha value is -2.33. The quantitative estimate of drug-likeness (QED) is 0.525. The molecule has 1 aliphatic heterocycles. The molecule has 0 spiro atoms. The van der Waals surface area contributed by atoms with Crippen LogP contribution < -0.4 is 0 Å². The van der Waals surface area contributed by atoms with Gasteiger partial charge in [0.25, 0.3) is 0 Å². The van der Waals surface area contributed by atoms with Crippen molar-refractivity contribution >= 4 is 40.2 Å². The van der Waals surface area contributed by atoms with E-state index in [4.69, 9.17) is 23.2 Å². The minimum Gasteiger partial charge on any atom is -0.504 e. The minimum atomic E-state index is -0.0370. The Morgan fingerprint density at radius 2 is 1.97 bits per heavy atom. The van der Waals surface area contributed by atoms with Gasteiger partial charge in [-0.15, -0.1) is 0 Å². The van der Waals surface area contributed by atoms with Gasteiger partial charge in [0, 0.05) is 25.0 Å². The van der Waals surface area contributed by atoms with Gasteiger partial charge in [-0.3, -0.25) is 4.90 Å². The molecule has 4 rings (SSSR count). The van der Waals surface area contributed by atoms with Crippen LogP contribution in [0.4, 0.5) is 0 Å². The highest BCUT2D eigenvalue weighted by Gasteiger charge is 2.12. The predicted molar refractivity (Wildman–Crippen MR) is 122 cm³/mol. The summed E-state index contributed by atoms with van der Waals surface area (Å²) in [7, 11) is 0. The van der Waals surface area contributed by atoms with Crippen LogP contribution in [0.25, 0.3) is 17.0 Å². The molecule has 0 aliphatic carbocycles. The molecule has 3 aromatic rings. The molecule has 29 heavy (non-hydrogen) atoms. The molecule has 0 unspecified atom stereocenters. The van der Waals surface area contributed by atoms with Gasteiger partial charge in [-0.05, 0) is 48.8 Å². The lowest BCUT2D eigenvalue weighted by molar-refractivity contribution is 0.287. The van der Waals surface area contributed by atoms with Gasteiger partial charge in [-0.1, -0.05) is 65.2 Å². The van der Waals surface area contributed by atoms with Crippen molar-refractivity contribution in [2.24, 2.45) is 0 Å². The topological polar surface area (TPSA) is 36.4 Å².